The first-order valence-electron chi connectivity index (χ1n) is 6.24. The van der Waals surface area contributed by atoms with Crippen LogP contribution in [-0.2, 0) is 0 Å². The Labute approximate surface area is 94.6 Å². The van der Waals surface area contributed by atoms with E-state index in [-0.39, 0.29) is 10.8 Å². The quantitative estimate of drug-likeness (QED) is 0.533. The van der Waals surface area contributed by atoms with E-state index in [1.165, 1.54) is 0 Å². The summed E-state index contributed by atoms with van der Waals surface area (Å²) in [6, 6.07) is 0. The van der Waals surface area contributed by atoms with Gasteiger partial charge in [-0.3, -0.25) is 0 Å². The second kappa shape index (κ2) is 3.75. The molecule has 0 aromatic carbocycles. The lowest BCUT2D eigenvalue weighted by Gasteiger charge is -2.56. The van der Waals surface area contributed by atoms with Crippen molar-refractivity contribution in [2.24, 2.45) is 16.2 Å². The lowest BCUT2D eigenvalue weighted by atomic mass is 9.49. The molecule has 0 aromatic rings. The molecule has 1 heteroatoms. The van der Waals surface area contributed by atoms with Crippen LogP contribution in [0.1, 0.15) is 67.2 Å². The van der Waals surface area contributed by atoms with Gasteiger partial charge in [0.15, 0.2) is 0 Å². The van der Waals surface area contributed by atoms with Gasteiger partial charge in [-0.1, -0.05) is 41.5 Å². The fourth-order valence-electron chi connectivity index (χ4n) is 3.70. The number of alkyl halides is 1. The molecule has 0 unspecified atom stereocenters. The predicted molar refractivity (Wildman–Crippen MR) is 64.7 cm³/mol. The maximum atomic E-state index is 13.3. The summed E-state index contributed by atoms with van der Waals surface area (Å²) in [4.78, 5) is 0. The lowest BCUT2D eigenvalue weighted by molar-refractivity contribution is -0.0769. The Morgan fingerprint density at radius 3 is 1.47 bits per heavy atom. The molecule has 0 saturated heterocycles. The summed E-state index contributed by atoms with van der Waals surface area (Å²) in [7, 11) is 0. The van der Waals surface area contributed by atoms with Crippen molar-refractivity contribution in [3.05, 3.63) is 0 Å². The molecule has 1 aliphatic rings. The van der Waals surface area contributed by atoms with E-state index in [1.807, 2.05) is 0 Å². The van der Waals surface area contributed by atoms with Crippen molar-refractivity contribution < 1.29 is 4.39 Å². The van der Waals surface area contributed by atoms with Crippen LogP contribution in [-0.4, -0.2) is 6.17 Å². The highest BCUT2D eigenvalue weighted by Gasteiger charge is 2.51. The Morgan fingerprint density at radius 1 is 0.867 bits per heavy atom. The van der Waals surface area contributed by atoms with Gasteiger partial charge < -0.3 is 0 Å². The van der Waals surface area contributed by atoms with E-state index < -0.39 is 6.17 Å². The third kappa shape index (κ3) is 2.21. The molecule has 0 amide bonds. The molecule has 1 saturated carbocycles. The number of rotatable bonds is 0. The average Bonchev–Trinajstić information content (AvgIpc) is 2.00. The zero-order valence-electron chi connectivity index (χ0n) is 11.3. The Bertz CT molecular complexity index is 192. The third-order valence-electron chi connectivity index (χ3n) is 4.64. The van der Waals surface area contributed by atoms with Gasteiger partial charge in [-0.25, -0.2) is 4.39 Å². The van der Waals surface area contributed by atoms with E-state index in [1.54, 1.807) is 0 Å². The third-order valence-corrected chi connectivity index (χ3v) is 4.64. The van der Waals surface area contributed by atoms with Crippen molar-refractivity contribution >= 4 is 0 Å². The summed E-state index contributed by atoms with van der Waals surface area (Å²) in [5.41, 5.74) is 0.833. The molecule has 0 aliphatic heterocycles. The molecule has 0 aromatic heterocycles. The van der Waals surface area contributed by atoms with Crippen LogP contribution in [0.15, 0.2) is 0 Å². The molecule has 1 fully saturated rings. The van der Waals surface area contributed by atoms with Crippen molar-refractivity contribution in [3.8, 4) is 0 Å². The van der Waals surface area contributed by atoms with Gasteiger partial charge in [0.25, 0.3) is 0 Å². The van der Waals surface area contributed by atoms with Gasteiger partial charge in [-0.2, -0.15) is 0 Å². The van der Waals surface area contributed by atoms with Gasteiger partial charge in [0.2, 0.25) is 0 Å². The van der Waals surface area contributed by atoms with Gasteiger partial charge in [0.05, 0.1) is 0 Å². The van der Waals surface area contributed by atoms with Crippen LogP contribution in [0.3, 0.4) is 0 Å². The Kier molecular flexibility index (Phi) is 3.25. The lowest BCUT2D eigenvalue weighted by Crippen LogP contribution is -2.48. The molecule has 0 atom stereocenters. The molecule has 0 N–H and O–H groups in total. The molecule has 0 nitrogen and oxygen atoms in total. The minimum Gasteiger partial charge on any atom is -0.247 e. The molecular formula is C14H27F. The van der Waals surface area contributed by atoms with Gasteiger partial charge in [0.1, 0.15) is 6.17 Å². The van der Waals surface area contributed by atoms with E-state index >= 15 is 0 Å². The number of hydrogen-bond acceptors (Lipinski definition) is 0. The largest absolute Gasteiger partial charge is 0.247 e. The van der Waals surface area contributed by atoms with Crippen LogP contribution in [0.2, 0.25) is 0 Å². The van der Waals surface area contributed by atoms with Crippen molar-refractivity contribution in [2.75, 3.05) is 0 Å². The molecule has 15 heavy (non-hydrogen) atoms. The van der Waals surface area contributed by atoms with E-state index in [0.717, 1.165) is 25.7 Å². The average molecular weight is 214 g/mol. The van der Waals surface area contributed by atoms with Crippen molar-refractivity contribution in [3.63, 3.8) is 0 Å². The molecule has 90 valence electrons. The fourth-order valence-corrected chi connectivity index (χ4v) is 3.70. The van der Waals surface area contributed by atoms with Crippen LogP contribution in [0, 0.1) is 16.2 Å². The van der Waals surface area contributed by atoms with E-state index in [0.29, 0.717) is 5.41 Å². The monoisotopic (exact) mass is 214 g/mol. The van der Waals surface area contributed by atoms with Crippen molar-refractivity contribution in [2.45, 2.75) is 73.4 Å². The summed E-state index contributed by atoms with van der Waals surface area (Å²) in [5, 5.41) is 0. The molecule has 1 rings (SSSR count). The Balaban J connectivity index is 2.99. The highest BCUT2D eigenvalue weighted by molar-refractivity contribution is 5.01. The summed E-state index contributed by atoms with van der Waals surface area (Å²) in [6.45, 7) is 13.9. The van der Waals surface area contributed by atoms with E-state index in [4.69, 9.17) is 0 Å². The van der Waals surface area contributed by atoms with Gasteiger partial charge >= 0.3 is 0 Å². The Hall–Kier alpha value is -0.0700. The summed E-state index contributed by atoms with van der Waals surface area (Å²) in [5.74, 6) is 0. The van der Waals surface area contributed by atoms with Crippen LogP contribution < -0.4 is 0 Å². The normalized spacial score (nSPS) is 24.2. The second-order valence-electron chi connectivity index (χ2n) is 7.26. The second-order valence-corrected chi connectivity index (χ2v) is 7.26. The minimum atomic E-state index is -0.553. The molecule has 0 radical (unpaired) electrons. The minimum absolute atomic E-state index is 0.269. The first-order valence-corrected chi connectivity index (χ1v) is 6.24. The molecular weight excluding hydrogens is 187 g/mol. The SMILES string of the molecule is CC(C)(C)C1(C(C)(C)C)CCC(F)CC1. The summed E-state index contributed by atoms with van der Waals surface area (Å²) in [6.07, 6.45) is 3.05. The van der Waals surface area contributed by atoms with E-state index in [9.17, 15) is 4.39 Å². The standard InChI is InChI=1S/C14H27F/c1-12(2,3)14(13(4,5)6)9-7-11(15)8-10-14/h11H,7-10H2,1-6H3. The van der Waals surface area contributed by atoms with E-state index in [2.05, 4.69) is 41.5 Å². The van der Waals surface area contributed by atoms with Crippen LogP contribution >= 0.6 is 0 Å². The van der Waals surface area contributed by atoms with Crippen LogP contribution in [0.4, 0.5) is 4.39 Å². The van der Waals surface area contributed by atoms with Gasteiger partial charge in [-0.05, 0) is 41.9 Å². The highest BCUT2D eigenvalue weighted by atomic mass is 19.1. The molecule has 0 heterocycles. The predicted octanol–water partition coefficient (Wildman–Crippen LogP) is 4.98. The molecule has 1 aliphatic carbocycles. The van der Waals surface area contributed by atoms with Crippen LogP contribution in [0.25, 0.3) is 0 Å². The fraction of sp³-hybridized carbons (Fsp3) is 1.00. The van der Waals surface area contributed by atoms with Crippen molar-refractivity contribution in [1.82, 2.24) is 0 Å². The zero-order chi connectivity index (χ0) is 11.9. The first-order chi connectivity index (χ1) is 6.60. The maximum absolute atomic E-state index is 13.3. The molecule has 0 bridgehead atoms. The van der Waals surface area contributed by atoms with Gasteiger partial charge in [0, 0.05) is 0 Å². The van der Waals surface area contributed by atoms with Gasteiger partial charge in [-0.15, -0.1) is 0 Å². The smallest absolute Gasteiger partial charge is 0.100 e. The number of hydrogen-bond donors (Lipinski definition) is 0. The summed E-state index contributed by atoms with van der Waals surface area (Å²) >= 11 is 0. The number of halogens is 1. The first kappa shape index (κ1) is 13.0. The Morgan fingerprint density at radius 2 is 1.20 bits per heavy atom. The maximum Gasteiger partial charge on any atom is 0.100 e. The van der Waals surface area contributed by atoms with Crippen molar-refractivity contribution in [1.29, 1.82) is 0 Å². The highest BCUT2D eigenvalue weighted by Crippen LogP contribution is 2.59. The summed E-state index contributed by atoms with van der Waals surface area (Å²) < 4.78 is 13.3. The zero-order valence-corrected chi connectivity index (χ0v) is 11.3. The van der Waals surface area contributed by atoms with Crippen LogP contribution in [0.5, 0.6) is 0 Å². The molecule has 0 spiro atoms. The topological polar surface area (TPSA) is 0 Å².